The maximum Gasteiger partial charge on any atom is 0.0322 e. The average molecular weight is 386 g/mol. The van der Waals surface area contributed by atoms with E-state index in [1.165, 1.54) is 41.6 Å². The zero-order valence-corrected chi connectivity index (χ0v) is 15.1. The minimum absolute atomic E-state index is 0.502. The number of rotatable bonds is 5. The molecule has 0 saturated carbocycles. The fraction of sp³-hybridized carbons (Fsp3) is 0.647. The molecule has 2 nitrogen and oxygen atoms in total. The molecule has 0 spiro atoms. The molecule has 1 heterocycles. The van der Waals surface area contributed by atoms with Crippen LogP contribution in [0.3, 0.4) is 0 Å². The number of benzene rings is 1. The Labute approximate surface area is 137 Å². The highest BCUT2D eigenvalue weighted by molar-refractivity contribution is 14.1. The van der Waals surface area contributed by atoms with E-state index in [9.17, 15) is 0 Å². The summed E-state index contributed by atoms with van der Waals surface area (Å²) in [4.78, 5) is 2.66. The van der Waals surface area contributed by atoms with Gasteiger partial charge in [-0.15, -0.1) is 0 Å². The smallest absolute Gasteiger partial charge is 0.0322 e. The van der Waals surface area contributed by atoms with Crippen molar-refractivity contribution in [1.29, 1.82) is 0 Å². The van der Waals surface area contributed by atoms with E-state index >= 15 is 0 Å². The lowest BCUT2D eigenvalue weighted by Crippen LogP contribution is -2.40. The molecule has 0 amide bonds. The normalized spacial score (nSPS) is 18.7. The van der Waals surface area contributed by atoms with Crippen LogP contribution in [0.25, 0.3) is 0 Å². The number of nitrogens with one attached hydrogen (secondary N) is 1. The standard InChI is InChI=1S/C17H27IN2/c1-13(2)20(12-15-8-10-19-11-9-15)14(3)16-4-6-17(18)7-5-16/h4-7,13-15,19H,8-12H2,1-3H3. The summed E-state index contributed by atoms with van der Waals surface area (Å²) in [6, 6.07) is 10.1. The van der Waals surface area contributed by atoms with Crippen molar-refractivity contribution in [1.82, 2.24) is 10.2 Å². The van der Waals surface area contributed by atoms with E-state index in [2.05, 4.69) is 77.8 Å². The first-order chi connectivity index (χ1) is 9.58. The summed E-state index contributed by atoms with van der Waals surface area (Å²) in [5, 5.41) is 3.46. The Bertz CT molecular complexity index is 396. The molecule has 1 aliphatic rings. The quantitative estimate of drug-likeness (QED) is 0.768. The third-order valence-corrected chi connectivity index (χ3v) is 5.16. The fourth-order valence-corrected chi connectivity index (χ4v) is 3.47. The number of hydrogen-bond donors (Lipinski definition) is 1. The van der Waals surface area contributed by atoms with E-state index in [-0.39, 0.29) is 0 Å². The zero-order chi connectivity index (χ0) is 14.5. The van der Waals surface area contributed by atoms with E-state index in [4.69, 9.17) is 0 Å². The first-order valence-corrected chi connectivity index (χ1v) is 8.87. The van der Waals surface area contributed by atoms with Crippen molar-refractivity contribution < 1.29 is 0 Å². The Kier molecular flexibility index (Phi) is 6.30. The molecule has 1 unspecified atom stereocenters. The summed E-state index contributed by atoms with van der Waals surface area (Å²) >= 11 is 2.37. The lowest BCUT2D eigenvalue weighted by Gasteiger charge is -2.37. The SMILES string of the molecule is CC(C)N(CC1CCNCC1)C(C)c1ccc(I)cc1. The van der Waals surface area contributed by atoms with Crippen LogP contribution in [-0.4, -0.2) is 30.6 Å². The summed E-state index contributed by atoms with van der Waals surface area (Å²) in [5.41, 5.74) is 1.44. The predicted molar refractivity (Wildman–Crippen MR) is 95.0 cm³/mol. The first-order valence-electron chi connectivity index (χ1n) is 7.80. The molecule has 2 rings (SSSR count). The topological polar surface area (TPSA) is 15.3 Å². The Morgan fingerprint density at radius 2 is 1.75 bits per heavy atom. The van der Waals surface area contributed by atoms with Crippen LogP contribution in [0.2, 0.25) is 0 Å². The minimum Gasteiger partial charge on any atom is -0.317 e. The third-order valence-electron chi connectivity index (χ3n) is 4.44. The molecule has 20 heavy (non-hydrogen) atoms. The molecule has 0 aliphatic carbocycles. The van der Waals surface area contributed by atoms with E-state index in [0.717, 1.165) is 5.92 Å². The molecule has 1 aromatic rings. The van der Waals surface area contributed by atoms with Gasteiger partial charge in [-0.1, -0.05) is 12.1 Å². The van der Waals surface area contributed by atoms with Crippen LogP contribution in [0.4, 0.5) is 0 Å². The highest BCUT2D eigenvalue weighted by Gasteiger charge is 2.23. The van der Waals surface area contributed by atoms with E-state index in [1.807, 2.05) is 0 Å². The van der Waals surface area contributed by atoms with Crippen LogP contribution in [-0.2, 0) is 0 Å². The molecular formula is C17H27IN2. The molecular weight excluding hydrogens is 359 g/mol. The Morgan fingerprint density at radius 1 is 1.15 bits per heavy atom. The van der Waals surface area contributed by atoms with Crippen LogP contribution in [0.15, 0.2) is 24.3 Å². The van der Waals surface area contributed by atoms with E-state index in [0.29, 0.717) is 12.1 Å². The molecule has 1 N–H and O–H groups in total. The van der Waals surface area contributed by atoms with Gasteiger partial charge in [0.05, 0.1) is 0 Å². The van der Waals surface area contributed by atoms with Crippen molar-refractivity contribution in [3.63, 3.8) is 0 Å². The van der Waals surface area contributed by atoms with Gasteiger partial charge in [-0.05, 0) is 92.9 Å². The van der Waals surface area contributed by atoms with Crippen molar-refractivity contribution in [2.24, 2.45) is 5.92 Å². The predicted octanol–water partition coefficient (Wildman–Crippen LogP) is 4.06. The molecule has 1 aromatic carbocycles. The highest BCUT2D eigenvalue weighted by Crippen LogP contribution is 2.26. The molecule has 1 atom stereocenters. The van der Waals surface area contributed by atoms with Gasteiger partial charge >= 0.3 is 0 Å². The van der Waals surface area contributed by atoms with Gasteiger partial charge in [-0.3, -0.25) is 4.90 Å². The largest absolute Gasteiger partial charge is 0.317 e. The van der Waals surface area contributed by atoms with Crippen LogP contribution in [0.5, 0.6) is 0 Å². The summed E-state index contributed by atoms with van der Waals surface area (Å²) in [6.45, 7) is 10.6. The van der Waals surface area contributed by atoms with Crippen molar-refractivity contribution in [2.45, 2.75) is 45.7 Å². The highest BCUT2D eigenvalue weighted by atomic mass is 127. The van der Waals surface area contributed by atoms with Gasteiger partial charge in [0.25, 0.3) is 0 Å². The van der Waals surface area contributed by atoms with Gasteiger partial charge in [-0.2, -0.15) is 0 Å². The molecule has 3 heteroatoms. The summed E-state index contributed by atoms with van der Waals surface area (Å²) in [5.74, 6) is 0.852. The van der Waals surface area contributed by atoms with Gasteiger partial charge < -0.3 is 5.32 Å². The Balaban J connectivity index is 2.04. The monoisotopic (exact) mass is 386 g/mol. The van der Waals surface area contributed by atoms with Gasteiger partial charge in [0.2, 0.25) is 0 Å². The third kappa shape index (κ3) is 4.43. The molecule has 1 fully saturated rings. The van der Waals surface area contributed by atoms with Gasteiger partial charge in [0.15, 0.2) is 0 Å². The molecule has 0 radical (unpaired) electrons. The van der Waals surface area contributed by atoms with Crippen molar-refractivity contribution in [3.05, 3.63) is 33.4 Å². The van der Waals surface area contributed by atoms with E-state index < -0.39 is 0 Å². The van der Waals surface area contributed by atoms with Crippen LogP contribution in [0.1, 0.15) is 45.2 Å². The van der Waals surface area contributed by atoms with Crippen molar-refractivity contribution in [3.8, 4) is 0 Å². The van der Waals surface area contributed by atoms with Crippen LogP contribution < -0.4 is 5.32 Å². The second-order valence-corrected chi connectivity index (χ2v) is 7.46. The molecule has 1 aliphatic heterocycles. The lowest BCUT2D eigenvalue weighted by molar-refractivity contribution is 0.125. The second kappa shape index (κ2) is 7.76. The minimum atomic E-state index is 0.502. The molecule has 1 saturated heterocycles. The van der Waals surface area contributed by atoms with Crippen LogP contribution in [0, 0.1) is 9.49 Å². The van der Waals surface area contributed by atoms with Crippen LogP contribution >= 0.6 is 22.6 Å². The summed E-state index contributed by atoms with van der Waals surface area (Å²) in [6.07, 6.45) is 2.64. The summed E-state index contributed by atoms with van der Waals surface area (Å²) in [7, 11) is 0. The maximum atomic E-state index is 3.46. The zero-order valence-electron chi connectivity index (χ0n) is 12.9. The number of nitrogens with zero attached hydrogens (tertiary/aromatic N) is 1. The summed E-state index contributed by atoms with van der Waals surface area (Å²) < 4.78 is 1.31. The molecule has 112 valence electrons. The average Bonchev–Trinajstić information content (AvgIpc) is 2.45. The van der Waals surface area contributed by atoms with E-state index in [1.54, 1.807) is 0 Å². The fourth-order valence-electron chi connectivity index (χ4n) is 3.11. The number of piperidine rings is 1. The van der Waals surface area contributed by atoms with Crippen molar-refractivity contribution in [2.75, 3.05) is 19.6 Å². The Hall–Kier alpha value is -0.130. The Morgan fingerprint density at radius 3 is 2.30 bits per heavy atom. The number of halogens is 1. The molecule has 0 aromatic heterocycles. The van der Waals surface area contributed by atoms with Gasteiger partial charge in [0.1, 0.15) is 0 Å². The van der Waals surface area contributed by atoms with Crippen molar-refractivity contribution >= 4 is 22.6 Å². The molecule has 0 bridgehead atoms. The number of hydrogen-bond acceptors (Lipinski definition) is 2. The lowest BCUT2D eigenvalue weighted by atomic mass is 9.95. The first kappa shape index (κ1) is 16.2. The second-order valence-electron chi connectivity index (χ2n) is 6.21. The van der Waals surface area contributed by atoms with Gasteiger partial charge in [-0.25, -0.2) is 0 Å². The van der Waals surface area contributed by atoms with Gasteiger partial charge in [0, 0.05) is 22.2 Å². The maximum absolute atomic E-state index is 3.46.